The van der Waals surface area contributed by atoms with Gasteiger partial charge in [-0.15, -0.1) is 0 Å². The zero-order valence-corrected chi connectivity index (χ0v) is 34.1. The fraction of sp³-hybridized carbons (Fsp3) is 0.386. The van der Waals surface area contributed by atoms with Crippen molar-refractivity contribution in [2.24, 2.45) is 7.05 Å². The van der Waals surface area contributed by atoms with Crippen molar-refractivity contribution in [3.63, 3.8) is 0 Å². The number of aromatic amines is 1. The number of hydrogen-bond donors (Lipinski definition) is 2. The van der Waals surface area contributed by atoms with Gasteiger partial charge < -0.3 is 24.4 Å². The molecule has 2 N–H and O–H groups in total. The number of imidazole rings is 1. The Hall–Kier alpha value is -6.22. The number of rotatable bonds is 9. The molecule has 1 atom stereocenters. The Bertz CT molecular complexity index is 2610. The topological polar surface area (TPSA) is 145 Å². The van der Waals surface area contributed by atoms with E-state index in [0.29, 0.717) is 59.3 Å². The largest absolute Gasteiger partial charge is 0.496 e. The molecule has 5 aromatic rings. The van der Waals surface area contributed by atoms with Gasteiger partial charge in [0.1, 0.15) is 17.5 Å². The number of methoxy groups -OCH3 is 1. The highest BCUT2D eigenvalue weighted by atomic mass is 19.1. The maximum absolute atomic E-state index is 16.4. The highest BCUT2D eigenvalue weighted by Crippen LogP contribution is 2.42. The summed E-state index contributed by atoms with van der Waals surface area (Å²) in [6, 6.07) is 14.8. The number of imide groups is 1. The minimum Gasteiger partial charge on any atom is -0.496 e. The molecule has 4 amide bonds. The molecule has 59 heavy (non-hydrogen) atoms. The van der Waals surface area contributed by atoms with Gasteiger partial charge in [0.15, 0.2) is 5.82 Å². The number of piperidine rings is 1. The molecule has 0 bridgehead atoms. The van der Waals surface area contributed by atoms with Crippen LogP contribution in [-0.2, 0) is 27.9 Å². The molecular formula is C44H49FN8O6. The van der Waals surface area contributed by atoms with Crippen LogP contribution in [0, 0.1) is 5.82 Å². The number of carbonyl (C=O) groups excluding carboxylic acids is 4. The number of carbonyl (C=O) groups is 4. The van der Waals surface area contributed by atoms with Crippen LogP contribution in [0.15, 0.2) is 59.4 Å². The summed E-state index contributed by atoms with van der Waals surface area (Å²) >= 11 is 0. The van der Waals surface area contributed by atoms with E-state index in [1.54, 1.807) is 43.8 Å². The number of fused-ring (bicyclic) bond motifs is 2. The Morgan fingerprint density at radius 1 is 0.932 bits per heavy atom. The number of ether oxygens (including phenoxy) is 1. The van der Waals surface area contributed by atoms with Gasteiger partial charge in [0, 0.05) is 109 Å². The average Bonchev–Trinajstić information content (AvgIpc) is 3.79. The second kappa shape index (κ2) is 15.9. The lowest BCUT2D eigenvalue weighted by Gasteiger charge is -2.36. The first-order chi connectivity index (χ1) is 28.3. The Balaban J connectivity index is 0.997. The van der Waals surface area contributed by atoms with Crippen molar-refractivity contribution < 1.29 is 28.3 Å². The molecule has 14 nitrogen and oxygen atoms in total. The second-order valence-corrected chi connectivity index (χ2v) is 15.9. The van der Waals surface area contributed by atoms with E-state index in [1.165, 1.54) is 16.4 Å². The van der Waals surface area contributed by atoms with Gasteiger partial charge in [-0.05, 0) is 72.4 Å². The van der Waals surface area contributed by atoms with E-state index in [2.05, 4.69) is 26.2 Å². The monoisotopic (exact) mass is 804 g/mol. The number of aryl methyl sites for hydroxylation is 1. The molecular weight excluding hydrogens is 756 g/mol. The third-order valence-electron chi connectivity index (χ3n) is 12.0. The lowest BCUT2D eigenvalue weighted by atomic mass is 9.92. The first kappa shape index (κ1) is 39.6. The van der Waals surface area contributed by atoms with Crippen LogP contribution in [0.3, 0.4) is 0 Å². The maximum Gasteiger partial charge on any atom is 0.329 e. The molecule has 308 valence electrons. The van der Waals surface area contributed by atoms with E-state index in [9.17, 15) is 24.0 Å². The number of piperazine rings is 1. The maximum atomic E-state index is 16.4. The number of aromatic nitrogens is 3. The van der Waals surface area contributed by atoms with Crippen LogP contribution in [0.4, 0.5) is 10.1 Å². The van der Waals surface area contributed by atoms with E-state index in [1.807, 2.05) is 42.5 Å². The molecule has 8 rings (SSSR count). The summed E-state index contributed by atoms with van der Waals surface area (Å²) in [5.41, 5.74) is 6.29. The summed E-state index contributed by atoms with van der Waals surface area (Å²) in [7, 11) is 6.63. The number of amides is 4. The number of anilines is 1. The lowest BCUT2D eigenvalue weighted by molar-refractivity contribution is -0.135. The standard InChI is InChI=1S/C44H49FN8O6/c1-26(54)52-15-6-7-28(25-52)31-23-32(33-24-34(43(57)48(2)3)46-41(33)40(31)45)30-10-9-29(22-38(30)59-5)51-19-17-50(18-20-51)16-14-27-8-11-35-37(21-27)49(4)44(58)53(35)36-12-13-39(55)47-42(36)56/h7-11,21-24,36,46H,6,12-20,25H2,1-5H3,(H,47,55,56). The minimum absolute atomic E-state index is 0.0680. The first-order valence-corrected chi connectivity index (χ1v) is 20.0. The van der Waals surface area contributed by atoms with Crippen LogP contribution in [0.25, 0.3) is 38.6 Å². The predicted octanol–water partition coefficient (Wildman–Crippen LogP) is 4.32. The smallest absolute Gasteiger partial charge is 0.329 e. The van der Waals surface area contributed by atoms with Crippen LogP contribution < -0.4 is 20.6 Å². The summed E-state index contributed by atoms with van der Waals surface area (Å²) in [5.74, 6) is -0.961. The normalized spacial score (nSPS) is 17.7. The quantitative estimate of drug-likeness (QED) is 0.210. The molecule has 3 aliphatic heterocycles. The summed E-state index contributed by atoms with van der Waals surface area (Å²) in [4.78, 5) is 73.8. The SMILES string of the molecule is COc1cc(N2CCN(CCc3ccc4c(c3)n(C)c(=O)n4C3CCC(=O)NC3=O)CC2)ccc1-c1cc(C2=CCCN(C(C)=O)C2)c(F)c2[nH]c(C(=O)N(C)C)cc12. The van der Waals surface area contributed by atoms with Crippen molar-refractivity contribution in [1.29, 1.82) is 0 Å². The number of H-pyrrole nitrogens is 1. The summed E-state index contributed by atoms with van der Waals surface area (Å²) in [6.07, 6.45) is 3.87. The molecule has 1 unspecified atom stereocenters. The van der Waals surface area contributed by atoms with Gasteiger partial charge in [-0.1, -0.05) is 12.1 Å². The third-order valence-corrected chi connectivity index (χ3v) is 12.0. The zero-order valence-electron chi connectivity index (χ0n) is 34.1. The van der Waals surface area contributed by atoms with Gasteiger partial charge in [-0.3, -0.25) is 38.5 Å². The van der Waals surface area contributed by atoms with Gasteiger partial charge in [0.25, 0.3) is 5.91 Å². The van der Waals surface area contributed by atoms with Gasteiger partial charge in [0.05, 0.1) is 23.7 Å². The van der Waals surface area contributed by atoms with Crippen molar-refractivity contribution in [2.75, 3.05) is 71.9 Å². The van der Waals surface area contributed by atoms with Crippen molar-refractivity contribution in [1.82, 2.24) is 34.1 Å². The fourth-order valence-corrected chi connectivity index (χ4v) is 8.69. The molecule has 2 saturated heterocycles. The number of benzene rings is 3. The molecule has 0 saturated carbocycles. The molecule has 5 heterocycles. The Labute approximate surface area is 340 Å². The van der Waals surface area contributed by atoms with Crippen molar-refractivity contribution in [3.8, 4) is 16.9 Å². The van der Waals surface area contributed by atoms with E-state index < -0.39 is 17.8 Å². The van der Waals surface area contributed by atoms with Crippen LogP contribution in [-0.4, -0.2) is 119 Å². The van der Waals surface area contributed by atoms with Gasteiger partial charge in [-0.25, -0.2) is 9.18 Å². The fourth-order valence-electron chi connectivity index (χ4n) is 8.69. The summed E-state index contributed by atoms with van der Waals surface area (Å²) < 4.78 is 25.5. The Morgan fingerprint density at radius 2 is 1.71 bits per heavy atom. The third kappa shape index (κ3) is 7.39. The molecule has 15 heteroatoms. The number of halogens is 1. The lowest BCUT2D eigenvalue weighted by Crippen LogP contribution is -2.47. The zero-order chi connectivity index (χ0) is 41.7. The van der Waals surface area contributed by atoms with E-state index in [4.69, 9.17) is 4.74 Å². The molecule has 0 spiro atoms. The average molecular weight is 805 g/mol. The van der Waals surface area contributed by atoms with Crippen LogP contribution >= 0.6 is 0 Å². The Kier molecular flexibility index (Phi) is 10.6. The molecule has 2 fully saturated rings. The highest BCUT2D eigenvalue weighted by molar-refractivity contribution is 6.05. The number of nitrogens with one attached hydrogen (secondary N) is 2. The van der Waals surface area contributed by atoms with Crippen molar-refractivity contribution >= 4 is 56.8 Å². The van der Waals surface area contributed by atoms with E-state index in [0.717, 1.165) is 61.5 Å². The van der Waals surface area contributed by atoms with Gasteiger partial charge in [0.2, 0.25) is 17.7 Å². The minimum atomic E-state index is -0.716. The Morgan fingerprint density at radius 3 is 2.42 bits per heavy atom. The second-order valence-electron chi connectivity index (χ2n) is 15.9. The van der Waals surface area contributed by atoms with Crippen LogP contribution in [0.1, 0.15) is 53.8 Å². The number of nitrogens with zero attached hydrogens (tertiary/aromatic N) is 6. The molecule has 0 radical (unpaired) electrons. The van der Waals surface area contributed by atoms with Crippen LogP contribution in [0.2, 0.25) is 0 Å². The van der Waals surface area contributed by atoms with Gasteiger partial charge >= 0.3 is 5.69 Å². The van der Waals surface area contributed by atoms with Gasteiger partial charge in [-0.2, -0.15) is 0 Å². The summed E-state index contributed by atoms with van der Waals surface area (Å²) in [5, 5.41) is 2.92. The predicted molar refractivity (Wildman–Crippen MR) is 224 cm³/mol. The van der Waals surface area contributed by atoms with Crippen molar-refractivity contribution in [2.45, 2.75) is 38.6 Å². The molecule has 2 aromatic heterocycles. The first-order valence-electron chi connectivity index (χ1n) is 20.0. The van der Waals surface area contributed by atoms with Crippen molar-refractivity contribution in [3.05, 3.63) is 87.7 Å². The molecule has 0 aliphatic carbocycles. The van der Waals surface area contributed by atoms with Crippen LogP contribution in [0.5, 0.6) is 5.75 Å². The summed E-state index contributed by atoms with van der Waals surface area (Å²) in [6.45, 7) is 6.50. The molecule has 3 aliphatic rings. The highest BCUT2D eigenvalue weighted by Gasteiger charge is 2.32. The number of hydrogen-bond acceptors (Lipinski definition) is 8. The molecule has 3 aromatic carbocycles. The van der Waals surface area contributed by atoms with E-state index >= 15 is 4.39 Å². The van der Waals surface area contributed by atoms with E-state index in [-0.39, 0.29) is 41.0 Å².